The molecular weight excluding hydrogens is 174 g/mol. The van der Waals surface area contributed by atoms with Crippen LogP contribution in [0.3, 0.4) is 0 Å². The fraction of sp³-hybridized carbons (Fsp3) is 0.500. The molecule has 0 aromatic heterocycles. The molecule has 1 N–H and O–H groups in total. The Bertz CT molecular complexity index is 322. The molecule has 76 valence electrons. The molecule has 14 heavy (non-hydrogen) atoms. The zero-order chi connectivity index (χ0) is 9.97. The van der Waals surface area contributed by atoms with Crippen LogP contribution in [0.15, 0.2) is 18.2 Å². The Hall–Kier alpha value is -0.860. The summed E-state index contributed by atoms with van der Waals surface area (Å²) < 4.78 is 5.24. The van der Waals surface area contributed by atoms with Crippen LogP contribution in [-0.2, 0) is 11.3 Å². The normalized spacial score (nSPS) is 20.6. The van der Waals surface area contributed by atoms with Crippen molar-refractivity contribution >= 4 is 0 Å². The molecular formula is C12H17NO. The van der Waals surface area contributed by atoms with Gasteiger partial charge in [0.2, 0.25) is 0 Å². The summed E-state index contributed by atoms with van der Waals surface area (Å²) in [5.74, 6) is 0.517. The molecule has 2 rings (SSSR count). The molecule has 0 saturated carbocycles. The van der Waals surface area contributed by atoms with Crippen LogP contribution in [0.1, 0.15) is 22.6 Å². The van der Waals surface area contributed by atoms with Gasteiger partial charge in [-0.25, -0.2) is 0 Å². The van der Waals surface area contributed by atoms with Gasteiger partial charge >= 0.3 is 0 Å². The van der Waals surface area contributed by atoms with Crippen molar-refractivity contribution in [2.45, 2.75) is 19.4 Å². The summed E-state index contributed by atoms with van der Waals surface area (Å²) >= 11 is 0. The topological polar surface area (TPSA) is 21.3 Å². The van der Waals surface area contributed by atoms with Gasteiger partial charge in [0.15, 0.2) is 0 Å². The van der Waals surface area contributed by atoms with E-state index in [0.717, 1.165) is 19.7 Å². The van der Waals surface area contributed by atoms with Crippen molar-refractivity contribution in [2.75, 3.05) is 20.3 Å². The van der Waals surface area contributed by atoms with Gasteiger partial charge < -0.3 is 10.1 Å². The minimum atomic E-state index is 0.517. The number of fused-ring (bicyclic) bond motifs is 1. The highest BCUT2D eigenvalue weighted by Gasteiger charge is 2.20. The molecule has 1 aliphatic heterocycles. The number of ether oxygens (including phenoxy) is 1. The molecule has 0 radical (unpaired) electrons. The zero-order valence-electron chi connectivity index (χ0n) is 8.84. The standard InChI is InChI=1S/C12H17NO/c1-9-4-3-5-11-10(8-14-2)6-13-7-12(9)11/h3-5,10,13H,6-8H2,1-2H3. The number of nitrogens with one attached hydrogen (secondary N) is 1. The summed E-state index contributed by atoms with van der Waals surface area (Å²) in [7, 11) is 1.77. The lowest BCUT2D eigenvalue weighted by Crippen LogP contribution is -2.31. The lowest BCUT2D eigenvalue weighted by molar-refractivity contribution is 0.175. The van der Waals surface area contributed by atoms with Crippen LogP contribution in [0.25, 0.3) is 0 Å². The molecule has 1 aromatic rings. The van der Waals surface area contributed by atoms with Gasteiger partial charge in [0.1, 0.15) is 0 Å². The van der Waals surface area contributed by atoms with E-state index in [4.69, 9.17) is 4.74 Å². The summed E-state index contributed by atoms with van der Waals surface area (Å²) in [6, 6.07) is 6.55. The van der Waals surface area contributed by atoms with Crippen molar-refractivity contribution < 1.29 is 4.74 Å². The zero-order valence-corrected chi connectivity index (χ0v) is 8.84. The van der Waals surface area contributed by atoms with E-state index in [1.54, 1.807) is 7.11 Å². The number of rotatable bonds is 2. The van der Waals surface area contributed by atoms with E-state index in [1.165, 1.54) is 16.7 Å². The van der Waals surface area contributed by atoms with Crippen molar-refractivity contribution in [3.05, 3.63) is 34.9 Å². The summed E-state index contributed by atoms with van der Waals surface area (Å²) in [5.41, 5.74) is 4.31. The summed E-state index contributed by atoms with van der Waals surface area (Å²) in [6.07, 6.45) is 0. The maximum absolute atomic E-state index is 5.24. The molecule has 1 unspecified atom stereocenters. The Morgan fingerprint density at radius 1 is 1.50 bits per heavy atom. The van der Waals surface area contributed by atoms with Crippen LogP contribution in [0.2, 0.25) is 0 Å². The summed E-state index contributed by atoms with van der Waals surface area (Å²) in [5, 5.41) is 3.44. The van der Waals surface area contributed by atoms with Gasteiger partial charge in [0.25, 0.3) is 0 Å². The van der Waals surface area contributed by atoms with E-state index < -0.39 is 0 Å². The van der Waals surface area contributed by atoms with Crippen molar-refractivity contribution in [3.8, 4) is 0 Å². The second kappa shape index (κ2) is 4.11. The summed E-state index contributed by atoms with van der Waals surface area (Å²) in [4.78, 5) is 0. The Kier molecular flexibility index (Phi) is 2.85. The largest absolute Gasteiger partial charge is 0.384 e. The highest BCUT2D eigenvalue weighted by molar-refractivity contribution is 5.38. The van der Waals surface area contributed by atoms with Gasteiger partial charge in [0.05, 0.1) is 6.61 Å². The average molecular weight is 191 g/mol. The molecule has 1 atom stereocenters. The lowest BCUT2D eigenvalue weighted by Gasteiger charge is -2.27. The molecule has 0 spiro atoms. The SMILES string of the molecule is COCC1CNCc2c(C)cccc21. The molecule has 1 aliphatic rings. The third kappa shape index (κ3) is 1.68. The predicted octanol–water partition coefficient (Wildman–Crippen LogP) is 1.83. The number of hydrogen-bond donors (Lipinski definition) is 1. The van der Waals surface area contributed by atoms with E-state index in [9.17, 15) is 0 Å². The highest BCUT2D eigenvalue weighted by Crippen LogP contribution is 2.26. The monoisotopic (exact) mass is 191 g/mol. The fourth-order valence-electron chi connectivity index (χ4n) is 2.18. The molecule has 0 fully saturated rings. The second-order valence-electron chi connectivity index (χ2n) is 3.93. The van der Waals surface area contributed by atoms with Crippen molar-refractivity contribution in [3.63, 3.8) is 0 Å². The van der Waals surface area contributed by atoms with E-state index >= 15 is 0 Å². The molecule has 0 bridgehead atoms. The van der Waals surface area contributed by atoms with Gasteiger partial charge in [-0.15, -0.1) is 0 Å². The third-order valence-electron chi connectivity index (χ3n) is 2.95. The molecule has 0 aliphatic carbocycles. The maximum Gasteiger partial charge on any atom is 0.0543 e. The van der Waals surface area contributed by atoms with Crippen LogP contribution in [0, 0.1) is 6.92 Å². The summed E-state index contributed by atoms with van der Waals surface area (Å²) in [6.45, 7) is 5.02. The Morgan fingerprint density at radius 2 is 2.36 bits per heavy atom. The van der Waals surface area contributed by atoms with Crippen LogP contribution in [-0.4, -0.2) is 20.3 Å². The molecule has 2 heteroatoms. The van der Waals surface area contributed by atoms with Crippen molar-refractivity contribution in [1.82, 2.24) is 5.32 Å². The fourth-order valence-corrected chi connectivity index (χ4v) is 2.18. The molecule has 1 heterocycles. The lowest BCUT2D eigenvalue weighted by atomic mass is 9.89. The first-order chi connectivity index (χ1) is 6.83. The van der Waals surface area contributed by atoms with E-state index in [1.807, 2.05) is 0 Å². The van der Waals surface area contributed by atoms with E-state index in [-0.39, 0.29) is 0 Å². The Morgan fingerprint density at radius 3 is 3.14 bits per heavy atom. The smallest absolute Gasteiger partial charge is 0.0543 e. The first-order valence-corrected chi connectivity index (χ1v) is 5.11. The van der Waals surface area contributed by atoms with Crippen LogP contribution in [0.5, 0.6) is 0 Å². The third-order valence-corrected chi connectivity index (χ3v) is 2.95. The van der Waals surface area contributed by atoms with Gasteiger partial charge in [-0.1, -0.05) is 18.2 Å². The number of hydrogen-bond acceptors (Lipinski definition) is 2. The maximum atomic E-state index is 5.24. The van der Waals surface area contributed by atoms with Crippen molar-refractivity contribution in [2.24, 2.45) is 0 Å². The number of methoxy groups -OCH3 is 1. The van der Waals surface area contributed by atoms with Gasteiger partial charge in [-0.05, 0) is 23.6 Å². The van der Waals surface area contributed by atoms with Gasteiger partial charge in [-0.2, -0.15) is 0 Å². The highest BCUT2D eigenvalue weighted by atomic mass is 16.5. The van der Waals surface area contributed by atoms with E-state index in [0.29, 0.717) is 5.92 Å². The average Bonchev–Trinajstić information content (AvgIpc) is 2.20. The molecule has 2 nitrogen and oxygen atoms in total. The molecule has 1 aromatic carbocycles. The van der Waals surface area contributed by atoms with E-state index in [2.05, 4.69) is 30.4 Å². The quantitative estimate of drug-likeness (QED) is 0.770. The number of benzene rings is 1. The first kappa shape index (κ1) is 9.69. The first-order valence-electron chi connectivity index (χ1n) is 5.11. The molecule has 0 saturated heterocycles. The number of aryl methyl sites for hydroxylation is 1. The second-order valence-corrected chi connectivity index (χ2v) is 3.93. The minimum Gasteiger partial charge on any atom is -0.384 e. The Labute approximate surface area is 85.3 Å². The minimum absolute atomic E-state index is 0.517. The molecule has 0 amide bonds. The predicted molar refractivity (Wildman–Crippen MR) is 57.5 cm³/mol. The van der Waals surface area contributed by atoms with Crippen LogP contribution < -0.4 is 5.32 Å². The Balaban J connectivity index is 2.34. The van der Waals surface area contributed by atoms with Gasteiger partial charge in [-0.3, -0.25) is 0 Å². The van der Waals surface area contributed by atoms with Crippen LogP contribution in [0.4, 0.5) is 0 Å². The van der Waals surface area contributed by atoms with Crippen molar-refractivity contribution in [1.29, 1.82) is 0 Å². The van der Waals surface area contributed by atoms with Crippen LogP contribution >= 0.6 is 0 Å². The van der Waals surface area contributed by atoms with Gasteiger partial charge in [0, 0.05) is 26.1 Å².